The van der Waals surface area contributed by atoms with Gasteiger partial charge in [0.15, 0.2) is 0 Å². The van der Waals surface area contributed by atoms with E-state index in [1.807, 2.05) is 0 Å². The summed E-state index contributed by atoms with van der Waals surface area (Å²) in [6.07, 6.45) is 5.32. The molecule has 1 saturated carbocycles. The molecule has 0 radical (unpaired) electrons. The molecule has 0 amide bonds. The Morgan fingerprint density at radius 1 is 1.54 bits per heavy atom. The first-order valence-corrected chi connectivity index (χ1v) is 5.40. The normalized spacial score (nSPS) is 36.5. The molecular weight excluding hydrogens is 162 g/mol. The number of likely N-dealkylation sites (tertiary alicyclic amines) is 1. The zero-order valence-electron chi connectivity index (χ0n) is 8.55. The number of nitrogens with two attached hydrogens (primary N) is 1. The lowest BCUT2D eigenvalue weighted by Crippen LogP contribution is -2.58. The number of nitrogens with one attached hydrogen (secondary N) is 1. The van der Waals surface area contributed by atoms with Crippen molar-refractivity contribution in [2.75, 3.05) is 26.7 Å². The van der Waals surface area contributed by atoms with Crippen LogP contribution in [0.25, 0.3) is 0 Å². The highest BCUT2D eigenvalue weighted by atomic mass is 15.2. The van der Waals surface area contributed by atoms with E-state index in [1.165, 1.54) is 32.2 Å². The number of likely N-dealkylation sites (N-methyl/N-ethyl adjacent to an activating group) is 1. The maximum atomic E-state index is 5.87. The molecule has 3 heteroatoms. The Balaban J connectivity index is 1.90. The first-order chi connectivity index (χ1) is 6.24. The third-order valence-electron chi connectivity index (χ3n) is 3.55. The SMILES string of the molecule is CN1CCC(CN)(NC2CCC2)C1. The fourth-order valence-corrected chi connectivity index (χ4v) is 2.41. The largest absolute Gasteiger partial charge is 0.329 e. The van der Waals surface area contributed by atoms with E-state index in [-0.39, 0.29) is 5.54 Å². The summed E-state index contributed by atoms with van der Waals surface area (Å²) in [5.41, 5.74) is 6.10. The number of hydrogen-bond donors (Lipinski definition) is 2. The van der Waals surface area contributed by atoms with Gasteiger partial charge in [-0.3, -0.25) is 0 Å². The first kappa shape index (κ1) is 9.44. The third kappa shape index (κ3) is 1.87. The molecule has 0 spiro atoms. The first-order valence-electron chi connectivity index (χ1n) is 5.40. The topological polar surface area (TPSA) is 41.3 Å². The second-order valence-corrected chi connectivity index (χ2v) is 4.74. The monoisotopic (exact) mass is 183 g/mol. The molecule has 76 valence electrons. The van der Waals surface area contributed by atoms with Crippen LogP contribution in [0.2, 0.25) is 0 Å². The van der Waals surface area contributed by atoms with Crippen LogP contribution in [0.3, 0.4) is 0 Å². The lowest BCUT2D eigenvalue weighted by atomic mass is 9.88. The Hall–Kier alpha value is -0.120. The summed E-state index contributed by atoms with van der Waals surface area (Å²) in [5.74, 6) is 0. The van der Waals surface area contributed by atoms with Crippen molar-refractivity contribution in [2.45, 2.75) is 37.3 Å². The lowest BCUT2D eigenvalue weighted by molar-refractivity contribution is 0.228. The van der Waals surface area contributed by atoms with Crippen molar-refractivity contribution < 1.29 is 0 Å². The fraction of sp³-hybridized carbons (Fsp3) is 1.00. The highest BCUT2D eigenvalue weighted by Crippen LogP contribution is 2.25. The standard InChI is InChI=1S/C10H21N3/c1-13-6-5-10(7-11,8-13)12-9-3-2-4-9/h9,12H,2-8,11H2,1H3. The highest BCUT2D eigenvalue weighted by molar-refractivity contribution is 5.00. The van der Waals surface area contributed by atoms with Crippen molar-refractivity contribution in [1.29, 1.82) is 0 Å². The minimum atomic E-state index is 0.236. The van der Waals surface area contributed by atoms with Crippen LogP contribution in [0.4, 0.5) is 0 Å². The molecule has 0 aromatic heterocycles. The minimum Gasteiger partial charge on any atom is -0.329 e. The molecule has 3 N–H and O–H groups in total. The molecule has 2 fully saturated rings. The summed E-state index contributed by atoms with van der Waals surface area (Å²) >= 11 is 0. The van der Waals surface area contributed by atoms with Gasteiger partial charge in [0.25, 0.3) is 0 Å². The van der Waals surface area contributed by atoms with Crippen LogP contribution in [0.5, 0.6) is 0 Å². The van der Waals surface area contributed by atoms with Crippen LogP contribution in [-0.2, 0) is 0 Å². The smallest absolute Gasteiger partial charge is 0.0446 e. The van der Waals surface area contributed by atoms with Gasteiger partial charge < -0.3 is 16.0 Å². The Morgan fingerprint density at radius 3 is 2.69 bits per heavy atom. The molecule has 1 aliphatic heterocycles. The van der Waals surface area contributed by atoms with Crippen LogP contribution < -0.4 is 11.1 Å². The van der Waals surface area contributed by atoms with Gasteiger partial charge >= 0.3 is 0 Å². The average molecular weight is 183 g/mol. The summed E-state index contributed by atoms with van der Waals surface area (Å²) in [5, 5.41) is 3.74. The van der Waals surface area contributed by atoms with Crippen LogP contribution in [0.15, 0.2) is 0 Å². The highest BCUT2D eigenvalue weighted by Gasteiger charge is 2.37. The molecule has 13 heavy (non-hydrogen) atoms. The summed E-state index contributed by atoms with van der Waals surface area (Å²) in [6.45, 7) is 3.10. The number of nitrogens with zero attached hydrogens (tertiary/aromatic N) is 1. The van der Waals surface area contributed by atoms with Crippen molar-refractivity contribution >= 4 is 0 Å². The molecule has 3 nitrogen and oxygen atoms in total. The second kappa shape index (κ2) is 3.56. The minimum absolute atomic E-state index is 0.236. The Labute approximate surface area is 80.7 Å². The molecule has 1 atom stereocenters. The van der Waals surface area contributed by atoms with Gasteiger partial charge in [0.1, 0.15) is 0 Å². The Bertz CT molecular complexity index is 179. The molecule has 0 aromatic carbocycles. The van der Waals surface area contributed by atoms with Crippen molar-refractivity contribution in [1.82, 2.24) is 10.2 Å². The molecule has 1 unspecified atom stereocenters. The van der Waals surface area contributed by atoms with Gasteiger partial charge in [0.2, 0.25) is 0 Å². The van der Waals surface area contributed by atoms with Gasteiger partial charge in [-0.2, -0.15) is 0 Å². The van der Waals surface area contributed by atoms with E-state index in [0.717, 1.165) is 19.1 Å². The lowest BCUT2D eigenvalue weighted by Gasteiger charge is -2.38. The van der Waals surface area contributed by atoms with Crippen molar-refractivity contribution in [3.05, 3.63) is 0 Å². The van der Waals surface area contributed by atoms with Crippen LogP contribution in [0.1, 0.15) is 25.7 Å². The fourth-order valence-electron chi connectivity index (χ4n) is 2.41. The van der Waals surface area contributed by atoms with E-state index in [9.17, 15) is 0 Å². The predicted octanol–water partition coefficient (Wildman–Crippen LogP) is 0.162. The van der Waals surface area contributed by atoms with Gasteiger partial charge in [-0.05, 0) is 32.9 Å². The quantitative estimate of drug-likeness (QED) is 0.655. The molecule has 0 bridgehead atoms. The van der Waals surface area contributed by atoms with Crippen molar-refractivity contribution in [2.24, 2.45) is 5.73 Å². The second-order valence-electron chi connectivity index (χ2n) is 4.74. The van der Waals surface area contributed by atoms with E-state index >= 15 is 0 Å². The van der Waals surface area contributed by atoms with E-state index < -0.39 is 0 Å². The summed E-state index contributed by atoms with van der Waals surface area (Å²) in [7, 11) is 2.18. The third-order valence-corrected chi connectivity index (χ3v) is 3.55. The zero-order chi connectivity index (χ0) is 9.31. The van der Waals surface area contributed by atoms with Gasteiger partial charge in [0.05, 0.1) is 0 Å². The number of rotatable bonds is 3. The summed E-state index contributed by atoms with van der Waals surface area (Å²) < 4.78 is 0. The maximum absolute atomic E-state index is 5.87. The molecule has 0 aromatic rings. The average Bonchev–Trinajstić information content (AvgIpc) is 2.42. The van der Waals surface area contributed by atoms with E-state index in [1.54, 1.807) is 0 Å². The van der Waals surface area contributed by atoms with Crippen LogP contribution in [0, 0.1) is 0 Å². The summed E-state index contributed by atoms with van der Waals surface area (Å²) in [4.78, 5) is 2.37. The molecule has 1 aliphatic carbocycles. The molecule has 1 saturated heterocycles. The van der Waals surface area contributed by atoms with Crippen molar-refractivity contribution in [3.8, 4) is 0 Å². The summed E-state index contributed by atoms with van der Waals surface area (Å²) in [6, 6.07) is 0.759. The van der Waals surface area contributed by atoms with Crippen LogP contribution >= 0.6 is 0 Å². The van der Waals surface area contributed by atoms with Crippen LogP contribution in [-0.4, -0.2) is 43.2 Å². The predicted molar refractivity (Wildman–Crippen MR) is 54.7 cm³/mol. The molecule has 2 aliphatic rings. The number of hydrogen-bond acceptors (Lipinski definition) is 3. The molecule has 1 heterocycles. The van der Waals surface area contributed by atoms with Crippen molar-refractivity contribution in [3.63, 3.8) is 0 Å². The Kier molecular flexibility index (Phi) is 2.58. The van der Waals surface area contributed by atoms with Gasteiger partial charge in [0, 0.05) is 24.7 Å². The molecule has 2 rings (SSSR count). The molecular formula is C10H21N3. The zero-order valence-corrected chi connectivity index (χ0v) is 8.55. The van der Waals surface area contributed by atoms with Gasteiger partial charge in [-0.1, -0.05) is 6.42 Å². The Morgan fingerprint density at radius 2 is 2.31 bits per heavy atom. The van der Waals surface area contributed by atoms with Gasteiger partial charge in [-0.25, -0.2) is 0 Å². The maximum Gasteiger partial charge on any atom is 0.0446 e. The van der Waals surface area contributed by atoms with Gasteiger partial charge in [-0.15, -0.1) is 0 Å². The van der Waals surface area contributed by atoms with E-state index in [4.69, 9.17) is 5.73 Å². The van der Waals surface area contributed by atoms with E-state index in [2.05, 4.69) is 17.3 Å². The van der Waals surface area contributed by atoms with E-state index in [0.29, 0.717) is 0 Å².